The van der Waals surface area contributed by atoms with Crippen molar-refractivity contribution < 1.29 is 14.3 Å². The molecule has 0 spiro atoms. The van der Waals surface area contributed by atoms with Gasteiger partial charge in [-0.05, 0) is 55.6 Å². The number of pyridine rings is 2. The van der Waals surface area contributed by atoms with Crippen LogP contribution in [-0.4, -0.2) is 49.5 Å². The van der Waals surface area contributed by atoms with Crippen LogP contribution in [0.15, 0.2) is 55.0 Å². The summed E-state index contributed by atoms with van der Waals surface area (Å²) < 4.78 is 15.4. The van der Waals surface area contributed by atoms with Gasteiger partial charge in [-0.15, -0.1) is 0 Å². The Labute approximate surface area is 207 Å². The highest BCUT2D eigenvalue weighted by molar-refractivity contribution is 6.06. The summed E-state index contributed by atoms with van der Waals surface area (Å²) in [5, 5.41) is 16.2. The fourth-order valence-corrected chi connectivity index (χ4v) is 5.26. The number of imidazole rings is 1. The Hall–Kier alpha value is -3.82. The maximum absolute atomic E-state index is 13.6. The van der Waals surface area contributed by atoms with E-state index < -0.39 is 0 Å². The van der Waals surface area contributed by atoms with Crippen LogP contribution in [0.2, 0.25) is 0 Å². The molecule has 36 heavy (non-hydrogen) atoms. The zero-order valence-corrected chi connectivity index (χ0v) is 19.9. The summed E-state index contributed by atoms with van der Waals surface area (Å²) in [5.41, 5.74) is 5.37. The molecule has 0 unspecified atom stereocenters. The Morgan fingerprint density at radius 1 is 1.19 bits per heavy atom. The summed E-state index contributed by atoms with van der Waals surface area (Å²) in [7, 11) is 0. The number of carbonyl (C=O) groups is 1. The number of anilines is 2. The Balaban J connectivity index is 1.28. The average molecular weight is 487 g/mol. The van der Waals surface area contributed by atoms with Crippen molar-refractivity contribution in [2.75, 3.05) is 18.4 Å². The number of β-amino-alcohol motifs (C(OH)–C–C–N with tert-alkyl or cyclic N) is 1. The van der Waals surface area contributed by atoms with Gasteiger partial charge in [0.05, 0.1) is 29.2 Å². The first-order chi connectivity index (χ1) is 17.5. The maximum Gasteiger partial charge on any atom is 0.254 e. The molecule has 1 amide bonds. The molecule has 184 valence electrons. The first-order valence-corrected chi connectivity index (χ1v) is 12.2. The molecule has 2 aliphatic rings. The number of carbonyl (C=O) groups excluding carboxylic acids is 1. The molecule has 6 rings (SSSR count). The molecular weight excluding hydrogens is 459 g/mol. The molecule has 1 aromatic carbocycles. The van der Waals surface area contributed by atoms with Crippen molar-refractivity contribution in [3.8, 4) is 11.3 Å². The van der Waals surface area contributed by atoms with Crippen LogP contribution in [0.3, 0.4) is 0 Å². The summed E-state index contributed by atoms with van der Waals surface area (Å²) in [6.07, 6.45) is 6.77. The highest BCUT2D eigenvalue weighted by Crippen LogP contribution is 2.35. The molecule has 9 heteroatoms. The lowest BCUT2D eigenvalue weighted by atomic mass is 9.99. The Bertz CT molecular complexity index is 1450. The normalized spacial score (nSPS) is 18.8. The minimum absolute atomic E-state index is 0.150. The first kappa shape index (κ1) is 22.6. The number of nitrogens with one attached hydrogen (secondary N) is 2. The number of halogens is 1. The SMILES string of the molecule is C[C@@H](c1ccc(Nc2ccc(-c3cnc4cc(F)ccn34)c3c2C(=O)NC3)nc1)N1CCC[C@H](O)C1. The molecule has 0 radical (unpaired) electrons. The van der Waals surface area contributed by atoms with Gasteiger partial charge < -0.3 is 15.7 Å². The second-order valence-electron chi connectivity index (χ2n) is 9.48. The molecule has 2 aliphatic heterocycles. The number of fused-ring (bicyclic) bond motifs is 2. The molecule has 5 heterocycles. The second-order valence-corrected chi connectivity index (χ2v) is 9.48. The monoisotopic (exact) mass is 486 g/mol. The van der Waals surface area contributed by atoms with Crippen LogP contribution >= 0.6 is 0 Å². The Morgan fingerprint density at radius 3 is 2.89 bits per heavy atom. The van der Waals surface area contributed by atoms with E-state index >= 15 is 0 Å². The number of aliphatic hydroxyl groups is 1. The van der Waals surface area contributed by atoms with Crippen molar-refractivity contribution in [2.45, 2.75) is 38.5 Å². The van der Waals surface area contributed by atoms with Crippen LogP contribution in [0.1, 0.15) is 47.3 Å². The highest BCUT2D eigenvalue weighted by atomic mass is 19.1. The van der Waals surface area contributed by atoms with Gasteiger partial charge in [0.25, 0.3) is 5.91 Å². The Kier molecular flexibility index (Phi) is 5.66. The molecule has 3 aromatic heterocycles. The Morgan fingerprint density at radius 2 is 2.08 bits per heavy atom. The number of aromatic nitrogens is 3. The molecule has 0 aliphatic carbocycles. The van der Waals surface area contributed by atoms with Gasteiger partial charge in [-0.1, -0.05) is 12.1 Å². The van der Waals surface area contributed by atoms with E-state index in [-0.39, 0.29) is 23.9 Å². The molecule has 3 N–H and O–H groups in total. The number of aliphatic hydroxyl groups excluding tert-OH is 1. The first-order valence-electron chi connectivity index (χ1n) is 12.2. The lowest BCUT2D eigenvalue weighted by Crippen LogP contribution is -2.39. The zero-order chi connectivity index (χ0) is 24.8. The summed E-state index contributed by atoms with van der Waals surface area (Å²) in [5.74, 6) is 0.148. The molecule has 2 atom stereocenters. The lowest BCUT2D eigenvalue weighted by molar-refractivity contribution is 0.0503. The molecule has 0 bridgehead atoms. The summed E-state index contributed by atoms with van der Waals surface area (Å²) in [6, 6.07) is 10.7. The van der Waals surface area contributed by atoms with Crippen LogP contribution in [0.25, 0.3) is 16.9 Å². The summed E-state index contributed by atoms with van der Waals surface area (Å²) >= 11 is 0. The van der Waals surface area contributed by atoms with Gasteiger partial charge >= 0.3 is 0 Å². The van der Waals surface area contributed by atoms with Crippen molar-refractivity contribution in [1.82, 2.24) is 24.6 Å². The molecule has 0 saturated carbocycles. The quantitative estimate of drug-likeness (QED) is 0.394. The van der Waals surface area contributed by atoms with Gasteiger partial charge in [0.2, 0.25) is 0 Å². The molecule has 8 nitrogen and oxygen atoms in total. The third-order valence-corrected chi connectivity index (χ3v) is 7.22. The highest BCUT2D eigenvalue weighted by Gasteiger charge is 2.28. The number of likely N-dealkylation sites (tertiary alicyclic amines) is 1. The van der Waals surface area contributed by atoms with Gasteiger partial charge in [0.1, 0.15) is 17.3 Å². The van der Waals surface area contributed by atoms with Crippen LogP contribution in [-0.2, 0) is 6.54 Å². The van der Waals surface area contributed by atoms with E-state index in [1.807, 2.05) is 34.9 Å². The predicted molar refractivity (Wildman–Crippen MR) is 135 cm³/mol. The van der Waals surface area contributed by atoms with E-state index in [4.69, 9.17) is 0 Å². The molecule has 1 fully saturated rings. The average Bonchev–Trinajstić information content (AvgIpc) is 3.48. The van der Waals surface area contributed by atoms with Crippen LogP contribution < -0.4 is 10.6 Å². The zero-order valence-electron chi connectivity index (χ0n) is 19.9. The number of hydrogen-bond donors (Lipinski definition) is 3. The number of amides is 1. The van der Waals surface area contributed by atoms with Crippen LogP contribution in [0, 0.1) is 5.82 Å². The second kappa shape index (κ2) is 9.00. The number of nitrogens with zero attached hydrogens (tertiary/aromatic N) is 4. The number of benzene rings is 1. The third kappa shape index (κ3) is 4.00. The van der Waals surface area contributed by atoms with E-state index in [0.29, 0.717) is 35.8 Å². The van der Waals surface area contributed by atoms with Gasteiger partial charge in [0, 0.05) is 43.2 Å². The van der Waals surface area contributed by atoms with Crippen molar-refractivity contribution in [1.29, 1.82) is 0 Å². The van der Waals surface area contributed by atoms with Crippen molar-refractivity contribution in [2.24, 2.45) is 0 Å². The van der Waals surface area contributed by atoms with Gasteiger partial charge in [-0.25, -0.2) is 14.4 Å². The van der Waals surface area contributed by atoms with Crippen LogP contribution in [0.4, 0.5) is 15.9 Å². The minimum atomic E-state index is -0.345. The minimum Gasteiger partial charge on any atom is -0.392 e. The van der Waals surface area contributed by atoms with E-state index in [0.717, 1.165) is 41.8 Å². The standard InChI is InChI=1S/C27H27FN6O2/c1-16(33-9-2-3-19(35)15-33)17-4-7-24(29-12-17)32-22-6-5-20(21-13-31-27(36)26(21)22)23-14-30-25-11-18(28)8-10-34(23)25/h4-8,10-12,14,16,19,35H,2-3,9,13,15H2,1H3,(H,29,32)(H,31,36)/t16-,19-/m0/s1. The van der Waals surface area contributed by atoms with E-state index in [9.17, 15) is 14.3 Å². The smallest absolute Gasteiger partial charge is 0.254 e. The van der Waals surface area contributed by atoms with Gasteiger partial charge in [-0.3, -0.25) is 14.1 Å². The summed E-state index contributed by atoms with van der Waals surface area (Å²) in [4.78, 5) is 24.0. The fraction of sp³-hybridized carbons (Fsp3) is 0.296. The third-order valence-electron chi connectivity index (χ3n) is 7.22. The van der Waals surface area contributed by atoms with Crippen molar-refractivity contribution >= 4 is 23.1 Å². The lowest BCUT2D eigenvalue weighted by Gasteiger charge is -2.34. The topological polar surface area (TPSA) is 94.8 Å². The largest absolute Gasteiger partial charge is 0.392 e. The molecule has 4 aromatic rings. The number of hydrogen-bond acceptors (Lipinski definition) is 6. The molecule has 1 saturated heterocycles. The number of piperidine rings is 1. The fourth-order valence-electron chi connectivity index (χ4n) is 5.26. The number of rotatable bonds is 5. The van der Waals surface area contributed by atoms with Crippen LogP contribution in [0.5, 0.6) is 0 Å². The van der Waals surface area contributed by atoms with E-state index in [1.54, 1.807) is 12.4 Å². The van der Waals surface area contributed by atoms with E-state index in [1.165, 1.54) is 12.1 Å². The molecular formula is C27H27FN6O2. The maximum atomic E-state index is 13.6. The van der Waals surface area contributed by atoms with Gasteiger partial charge in [0.15, 0.2) is 0 Å². The summed E-state index contributed by atoms with van der Waals surface area (Å²) in [6.45, 7) is 4.18. The van der Waals surface area contributed by atoms with Crippen molar-refractivity contribution in [3.05, 3.63) is 77.5 Å². The van der Waals surface area contributed by atoms with Gasteiger partial charge in [-0.2, -0.15) is 0 Å². The van der Waals surface area contributed by atoms with E-state index in [2.05, 4.69) is 32.4 Å². The predicted octanol–water partition coefficient (Wildman–Crippen LogP) is 4.04. The van der Waals surface area contributed by atoms with Crippen molar-refractivity contribution in [3.63, 3.8) is 0 Å².